The van der Waals surface area contributed by atoms with Crippen LogP contribution in [-0.2, 0) is 10.2 Å². The van der Waals surface area contributed by atoms with Crippen LogP contribution in [0.3, 0.4) is 0 Å². The highest BCUT2D eigenvalue weighted by Gasteiger charge is 2.42. The number of carbonyl (C=O) groups excluding carboxylic acids is 1. The molecule has 1 aromatic rings. The molecule has 0 aliphatic heterocycles. The average Bonchev–Trinajstić information content (AvgIpc) is 3.19. The van der Waals surface area contributed by atoms with Crippen molar-refractivity contribution in [2.24, 2.45) is 11.3 Å². The smallest absolute Gasteiger partial charge is 0.137 e. The van der Waals surface area contributed by atoms with Gasteiger partial charge in [-0.05, 0) is 51.9 Å². The Kier molecular flexibility index (Phi) is 4.26. The molecule has 1 fully saturated rings. The van der Waals surface area contributed by atoms with Gasteiger partial charge >= 0.3 is 0 Å². The molecular formula is C23H32O. The maximum Gasteiger partial charge on any atom is 0.137 e. The molecule has 1 heteroatoms. The van der Waals surface area contributed by atoms with E-state index in [1.807, 2.05) is 0 Å². The molecule has 1 aromatic carbocycles. The third-order valence-corrected chi connectivity index (χ3v) is 5.88. The predicted molar refractivity (Wildman–Crippen MR) is 102 cm³/mol. The van der Waals surface area contributed by atoms with Crippen molar-refractivity contribution in [1.82, 2.24) is 0 Å². The highest BCUT2D eigenvalue weighted by molar-refractivity contribution is 5.97. The van der Waals surface area contributed by atoms with Gasteiger partial charge in [0.25, 0.3) is 0 Å². The summed E-state index contributed by atoms with van der Waals surface area (Å²) in [5, 5.41) is 0. The van der Waals surface area contributed by atoms with Crippen molar-refractivity contribution >= 4 is 11.4 Å². The van der Waals surface area contributed by atoms with Crippen molar-refractivity contribution in [3.63, 3.8) is 0 Å². The monoisotopic (exact) mass is 324 g/mol. The first-order chi connectivity index (χ1) is 11.1. The number of allylic oxidation sites excluding steroid dienone is 2. The largest absolute Gasteiger partial charge is 0.299 e. The van der Waals surface area contributed by atoms with E-state index < -0.39 is 0 Å². The van der Waals surface area contributed by atoms with Crippen LogP contribution in [0.15, 0.2) is 24.3 Å². The Balaban J connectivity index is 2.08. The number of fused-ring (bicyclic) bond motifs is 1. The molecule has 2 aliphatic carbocycles. The summed E-state index contributed by atoms with van der Waals surface area (Å²) in [5.41, 5.74) is 6.08. The van der Waals surface area contributed by atoms with E-state index in [9.17, 15) is 4.79 Å². The van der Waals surface area contributed by atoms with Crippen molar-refractivity contribution < 1.29 is 4.79 Å². The van der Waals surface area contributed by atoms with Crippen LogP contribution in [0.2, 0.25) is 0 Å². The van der Waals surface area contributed by atoms with E-state index >= 15 is 0 Å². The molecule has 1 saturated carbocycles. The van der Waals surface area contributed by atoms with Crippen LogP contribution in [0.5, 0.6) is 0 Å². The molecular weight excluding hydrogens is 292 g/mol. The molecule has 0 amide bonds. The lowest BCUT2D eigenvalue weighted by Crippen LogP contribution is -2.25. The molecule has 1 unspecified atom stereocenters. The third kappa shape index (κ3) is 3.10. The zero-order valence-electron chi connectivity index (χ0n) is 16.2. The van der Waals surface area contributed by atoms with E-state index in [-0.39, 0.29) is 16.7 Å². The number of rotatable bonds is 4. The molecule has 3 rings (SSSR count). The zero-order chi connectivity index (χ0) is 17.7. The predicted octanol–water partition coefficient (Wildman–Crippen LogP) is 6.27. The number of carbonyl (C=O) groups is 1. The standard InChI is InChI=1S/C23H32O/c1-7-8-16(17-14-21(17)24)15-9-10-20-18(13-15)19(22(2,3)4)11-12-23(20,5)6/h9-11,13,16-17H,7-8,12,14H2,1-6H3/t16?,17-/m0/s1. The summed E-state index contributed by atoms with van der Waals surface area (Å²) in [4.78, 5) is 11.8. The lowest BCUT2D eigenvalue weighted by atomic mass is 9.67. The molecule has 0 heterocycles. The van der Waals surface area contributed by atoms with Crippen LogP contribution >= 0.6 is 0 Å². The van der Waals surface area contributed by atoms with Crippen LogP contribution < -0.4 is 0 Å². The van der Waals surface area contributed by atoms with Gasteiger partial charge in [0, 0.05) is 12.3 Å². The summed E-state index contributed by atoms with van der Waals surface area (Å²) in [6.45, 7) is 13.8. The second-order valence-electron chi connectivity index (χ2n) is 9.43. The normalized spacial score (nSPS) is 23.5. The highest BCUT2D eigenvalue weighted by Crippen LogP contribution is 2.48. The minimum atomic E-state index is 0.152. The van der Waals surface area contributed by atoms with Gasteiger partial charge in [-0.3, -0.25) is 4.79 Å². The highest BCUT2D eigenvalue weighted by atomic mass is 16.1. The van der Waals surface area contributed by atoms with Gasteiger partial charge in [0.1, 0.15) is 5.78 Å². The van der Waals surface area contributed by atoms with E-state index in [4.69, 9.17) is 0 Å². The van der Waals surface area contributed by atoms with Gasteiger partial charge < -0.3 is 0 Å². The van der Waals surface area contributed by atoms with Gasteiger partial charge in [-0.1, -0.05) is 72.2 Å². The van der Waals surface area contributed by atoms with Crippen molar-refractivity contribution in [2.75, 3.05) is 0 Å². The second-order valence-corrected chi connectivity index (χ2v) is 9.43. The number of benzene rings is 1. The first-order valence-corrected chi connectivity index (χ1v) is 9.53. The summed E-state index contributed by atoms with van der Waals surface area (Å²) in [5.74, 6) is 1.15. The maximum atomic E-state index is 11.8. The Morgan fingerprint density at radius 2 is 1.92 bits per heavy atom. The molecule has 0 radical (unpaired) electrons. The summed E-state index contributed by atoms with van der Waals surface area (Å²) in [7, 11) is 0. The van der Waals surface area contributed by atoms with E-state index in [1.165, 1.54) is 22.3 Å². The lowest BCUT2D eigenvalue weighted by Gasteiger charge is -2.37. The van der Waals surface area contributed by atoms with Crippen LogP contribution in [0.25, 0.3) is 5.57 Å². The minimum Gasteiger partial charge on any atom is -0.299 e. The van der Waals surface area contributed by atoms with Crippen molar-refractivity contribution in [3.8, 4) is 0 Å². The fraction of sp³-hybridized carbons (Fsp3) is 0.609. The van der Waals surface area contributed by atoms with Crippen LogP contribution in [0, 0.1) is 11.3 Å². The molecule has 0 aromatic heterocycles. The average molecular weight is 325 g/mol. The number of ketones is 1. The molecule has 0 saturated heterocycles. The van der Waals surface area contributed by atoms with Crippen LogP contribution in [0.1, 0.15) is 89.8 Å². The number of hydrogen-bond acceptors (Lipinski definition) is 1. The third-order valence-electron chi connectivity index (χ3n) is 5.88. The SMILES string of the molecule is CCCC(c1ccc2c(c1)C(C(C)(C)C)=CCC2(C)C)[C@@H]1CC1=O. The van der Waals surface area contributed by atoms with Crippen LogP contribution in [-0.4, -0.2) is 5.78 Å². The van der Waals surface area contributed by atoms with E-state index in [0.717, 1.165) is 25.7 Å². The van der Waals surface area contributed by atoms with Gasteiger partial charge in [0.05, 0.1) is 0 Å². The second kappa shape index (κ2) is 5.86. The molecule has 0 N–H and O–H groups in total. The summed E-state index contributed by atoms with van der Waals surface area (Å²) >= 11 is 0. The molecule has 2 atom stereocenters. The lowest BCUT2D eigenvalue weighted by molar-refractivity contribution is -0.111. The molecule has 0 bridgehead atoms. The minimum absolute atomic E-state index is 0.152. The van der Waals surface area contributed by atoms with Crippen molar-refractivity contribution in [3.05, 3.63) is 41.0 Å². The van der Waals surface area contributed by atoms with E-state index in [0.29, 0.717) is 11.7 Å². The van der Waals surface area contributed by atoms with Crippen LogP contribution in [0.4, 0.5) is 0 Å². The van der Waals surface area contributed by atoms with Gasteiger partial charge in [-0.15, -0.1) is 0 Å². The number of hydrogen-bond donors (Lipinski definition) is 0. The van der Waals surface area contributed by atoms with Gasteiger partial charge in [-0.2, -0.15) is 0 Å². The maximum absolute atomic E-state index is 11.8. The Hall–Kier alpha value is -1.37. The fourth-order valence-electron chi connectivity index (χ4n) is 4.33. The summed E-state index contributed by atoms with van der Waals surface area (Å²) in [6.07, 6.45) is 6.59. The summed E-state index contributed by atoms with van der Waals surface area (Å²) in [6, 6.07) is 7.07. The van der Waals surface area contributed by atoms with Gasteiger partial charge in [0.15, 0.2) is 0 Å². The zero-order valence-corrected chi connectivity index (χ0v) is 16.2. The van der Waals surface area contributed by atoms with Crippen molar-refractivity contribution in [1.29, 1.82) is 0 Å². The molecule has 2 aliphatic rings. The van der Waals surface area contributed by atoms with E-state index in [1.54, 1.807) is 0 Å². The Morgan fingerprint density at radius 1 is 1.25 bits per heavy atom. The summed E-state index contributed by atoms with van der Waals surface area (Å²) < 4.78 is 0. The molecule has 24 heavy (non-hydrogen) atoms. The van der Waals surface area contributed by atoms with Gasteiger partial charge in [-0.25, -0.2) is 0 Å². The quantitative estimate of drug-likeness (QED) is 0.638. The molecule has 130 valence electrons. The van der Waals surface area contributed by atoms with E-state index in [2.05, 4.69) is 65.8 Å². The fourth-order valence-corrected chi connectivity index (χ4v) is 4.33. The topological polar surface area (TPSA) is 17.1 Å². The van der Waals surface area contributed by atoms with Crippen molar-refractivity contribution in [2.45, 2.75) is 78.6 Å². The first kappa shape index (κ1) is 17.5. The molecule has 0 spiro atoms. The Labute approximate surface area is 147 Å². The van der Waals surface area contributed by atoms with Gasteiger partial charge in [0.2, 0.25) is 0 Å². The molecule has 1 nitrogen and oxygen atoms in total. The Morgan fingerprint density at radius 3 is 2.46 bits per heavy atom. The number of Topliss-reactive ketones (excluding diaryl/α,β-unsaturated/α-hetero) is 1. The first-order valence-electron chi connectivity index (χ1n) is 9.53. The Bertz CT molecular complexity index is 684.